The molecule has 1 aliphatic rings. The monoisotopic (exact) mass is 430 g/mol. The molecule has 0 aliphatic carbocycles. The summed E-state index contributed by atoms with van der Waals surface area (Å²) >= 11 is 0. The predicted octanol–water partition coefficient (Wildman–Crippen LogP) is 2.72. The van der Waals surface area contributed by atoms with Gasteiger partial charge in [0.05, 0.1) is 11.5 Å². The highest BCUT2D eigenvalue weighted by molar-refractivity contribution is 7.90. The van der Waals surface area contributed by atoms with Gasteiger partial charge in [0.2, 0.25) is 0 Å². The Labute approximate surface area is 178 Å². The van der Waals surface area contributed by atoms with Crippen LogP contribution < -0.4 is 21.5 Å². The predicted molar refractivity (Wildman–Crippen MR) is 120 cm³/mol. The van der Waals surface area contributed by atoms with Crippen molar-refractivity contribution in [3.63, 3.8) is 0 Å². The van der Waals surface area contributed by atoms with Crippen LogP contribution in [0.2, 0.25) is 0 Å². The van der Waals surface area contributed by atoms with Crippen LogP contribution >= 0.6 is 0 Å². The molecule has 1 saturated heterocycles. The summed E-state index contributed by atoms with van der Waals surface area (Å²) < 4.78 is 34.3. The van der Waals surface area contributed by atoms with E-state index in [1.165, 1.54) is 42.7 Å². The van der Waals surface area contributed by atoms with Crippen molar-refractivity contribution < 1.29 is 13.2 Å². The molecule has 0 radical (unpaired) electrons. The van der Waals surface area contributed by atoms with Gasteiger partial charge in [-0.1, -0.05) is 18.2 Å². The molecule has 0 bridgehead atoms. The number of para-hydroxylation sites is 1. The topological polar surface area (TPSA) is 120 Å². The van der Waals surface area contributed by atoms with Crippen LogP contribution in [0.4, 0.5) is 5.69 Å². The van der Waals surface area contributed by atoms with Gasteiger partial charge in [-0.05, 0) is 80.6 Å². The minimum Gasteiger partial charge on any atom is -0.493 e. The number of nitrogens with zero attached hydrogens (tertiary/aromatic N) is 1. The van der Waals surface area contributed by atoms with Crippen molar-refractivity contribution in [2.24, 2.45) is 16.0 Å². The van der Waals surface area contributed by atoms with Gasteiger partial charge in [-0.25, -0.2) is 0 Å². The summed E-state index contributed by atoms with van der Waals surface area (Å²) in [5, 5.41) is 3.45. The Kier molecular flexibility index (Phi) is 7.70. The van der Waals surface area contributed by atoms with Gasteiger partial charge in [-0.2, -0.15) is 8.42 Å². The van der Waals surface area contributed by atoms with Crippen molar-refractivity contribution in [2.45, 2.75) is 37.0 Å². The number of nitrogen functional groups attached to an aromatic ring is 1. The second-order valence-electron chi connectivity index (χ2n) is 7.60. The van der Waals surface area contributed by atoms with Gasteiger partial charge < -0.3 is 21.5 Å². The Bertz CT molecular complexity index is 953. The number of rotatable bonds is 9. The zero-order valence-electron chi connectivity index (χ0n) is 17.1. The van der Waals surface area contributed by atoms with Crippen molar-refractivity contribution in [3.05, 3.63) is 54.1 Å². The Morgan fingerprint density at radius 2 is 1.93 bits per heavy atom. The van der Waals surface area contributed by atoms with Crippen LogP contribution in [-0.4, -0.2) is 33.9 Å². The summed E-state index contributed by atoms with van der Waals surface area (Å²) in [4.78, 5) is 0.0713. The molecule has 1 aliphatic heterocycles. The summed E-state index contributed by atoms with van der Waals surface area (Å²) in [6.07, 6.45) is 4.35. The normalized spacial score (nSPS) is 17.6. The largest absolute Gasteiger partial charge is 0.493 e. The van der Waals surface area contributed by atoms with E-state index in [2.05, 4.69) is 15.8 Å². The maximum atomic E-state index is 12.3. The lowest BCUT2D eigenvalue weighted by Gasteiger charge is -2.23. The van der Waals surface area contributed by atoms with Crippen LogP contribution in [0.1, 0.15) is 31.2 Å². The molecule has 30 heavy (non-hydrogen) atoms. The quantitative estimate of drug-likeness (QED) is 0.243. The minimum atomic E-state index is -3.83. The Hall–Kier alpha value is -2.58. The zero-order chi connectivity index (χ0) is 21.4. The molecular weight excluding hydrogens is 400 g/mol. The maximum absolute atomic E-state index is 12.3. The molecule has 1 atom stereocenters. The number of ether oxygens (including phenoxy) is 1. The van der Waals surface area contributed by atoms with Gasteiger partial charge in [0, 0.05) is 12.1 Å². The number of amidine groups is 1. The zero-order valence-corrected chi connectivity index (χ0v) is 17.9. The van der Waals surface area contributed by atoms with Crippen molar-refractivity contribution in [1.29, 1.82) is 0 Å². The van der Waals surface area contributed by atoms with Gasteiger partial charge in [-0.3, -0.25) is 0 Å². The van der Waals surface area contributed by atoms with Crippen LogP contribution in [0, 0.1) is 5.92 Å². The summed E-state index contributed by atoms with van der Waals surface area (Å²) in [5.74, 6) is 1.58. The van der Waals surface area contributed by atoms with E-state index in [-0.39, 0.29) is 10.7 Å². The van der Waals surface area contributed by atoms with E-state index in [9.17, 15) is 8.42 Å². The summed E-state index contributed by atoms with van der Waals surface area (Å²) in [6.45, 7) is 2.59. The number of sulfonamides is 1. The van der Waals surface area contributed by atoms with E-state index < -0.39 is 10.0 Å². The molecule has 0 spiro atoms. The first-order chi connectivity index (χ1) is 14.4. The summed E-state index contributed by atoms with van der Waals surface area (Å²) in [6, 6.07) is 14.0. The second-order valence-corrected chi connectivity index (χ2v) is 9.21. The molecule has 162 valence electrons. The van der Waals surface area contributed by atoms with E-state index >= 15 is 0 Å². The van der Waals surface area contributed by atoms with Crippen molar-refractivity contribution in [1.82, 2.24) is 5.32 Å². The number of hydrogen-bond acceptors (Lipinski definition) is 5. The maximum Gasteiger partial charge on any atom is 0.283 e. The van der Waals surface area contributed by atoms with Gasteiger partial charge in [0.15, 0.2) is 0 Å². The fourth-order valence-electron chi connectivity index (χ4n) is 3.55. The van der Waals surface area contributed by atoms with Crippen LogP contribution in [0.25, 0.3) is 0 Å². The average Bonchev–Trinajstić information content (AvgIpc) is 2.73. The lowest BCUT2D eigenvalue weighted by Crippen LogP contribution is -2.30. The lowest BCUT2D eigenvalue weighted by molar-refractivity contribution is 0.305. The van der Waals surface area contributed by atoms with Crippen LogP contribution in [0.3, 0.4) is 0 Å². The third-order valence-electron chi connectivity index (χ3n) is 5.13. The van der Waals surface area contributed by atoms with Crippen molar-refractivity contribution in [2.75, 3.05) is 25.4 Å². The fraction of sp³-hybridized carbons (Fsp3) is 0.409. The van der Waals surface area contributed by atoms with Crippen molar-refractivity contribution in [3.8, 4) is 5.75 Å². The smallest absolute Gasteiger partial charge is 0.283 e. The molecule has 7 nitrogen and oxygen atoms in total. The number of hydrogen-bond donors (Lipinski definition) is 3. The van der Waals surface area contributed by atoms with Gasteiger partial charge in [-0.15, -0.1) is 4.40 Å². The summed E-state index contributed by atoms with van der Waals surface area (Å²) in [5.41, 5.74) is 13.1. The SMILES string of the molecule is N/C(CCCOc1ccccc1CC1CCCNC1)=N\S(=O)(=O)c1ccc(N)cc1. The number of anilines is 1. The number of nitrogens with two attached hydrogens (primary N) is 2. The van der Waals surface area contributed by atoms with Gasteiger partial charge in [0.1, 0.15) is 11.6 Å². The molecule has 0 amide bonds. The number of piperidine rings is 1. The van der Waals surface area contributed by atoms with Crippen LogP contribution in [0.5, 0.6) is 5.75 Å². The first-order valence-electron chi connectivity index (χ1n) is 10.3. The minimum absolute atomic E-state index is 0.0667. The molecule has 3 rings (SSSR count). The van der Waals surface area contributed by atoms with Crippen LogP contribution in [-0.2, 0) is 16.4 Å². The average molecular weight is 431 g/mol. The van der Waals surface area contributed by atoms with E-state index in [1.54, 1.807) is 0 Å². The molecule has 1 unspecified atom stereocenters. The van der Waals surface area contributed by atoms with Crippen molar-refractivity contribution >= 4 is 21.5 Å². The molecule has 1 heterocycles. The van der Waals surface area contributed by atoms with Gasteiger partial charge in [0.25, 0.3) is 10.0 Å². The van der Waals surface area contributed by atoms with E-state index in [4.69, 9.17) is 16.2 Å². The molecule has 2 aromatic carbocycles. The highest BCUT2D eigenvalue weighted by atomic mass is 32.2. The first kappa shape index (κ1) is 22.1. The molecule has 1 fully saturated rings. The Morgan fingerprint density at radius 3 is 2.67 bits per heavy atom. The Balaban J connectivity index is 1.51. The van der Waals surface area contributed by atoms with Gasteiger partial charge >= 0.3 is 0 Å². The van der Waals surface area contributed by atoms with E-state index in [0.29, 0.717) is 31.1 Å². The molecular formula is C22H30N4O3S. The third-order valence-corrected chi connectivity index (χ3v) is 6.47. The lowest BCUT2D eigenvalue weighted by atomic mass is 9.92. The third kappa shape index (κ3) is 6.47. The molecule has 2 aromatic rings. The first-order valence-corrected chi connectivity index (χ1v) is 11.7. The number of benzene rings is 2. The standard InChI is InChI=1S/C22H30N4O3S/c23-19-9-11-20(12-10-19)30(27,28)26-22(24)8-4-14-29-21-7-2-1-6-18(21)15-17-5-3-13-25-16-17/h1-2,6-7,9-12,17,25H,3-5,8,13-16,23H2,(H2,24,26). The van der Waals surface area contributed by atoms with Crippen LogP contribution in [0.15, 0.2) is 57.8 Å². The molecule has 0 saturated carbocycles. The molecule has 0 aromatic heterocycles. The molecule has 8 heteroatoms. The molecule has 5 N–H and O–H groups in total. The Morgan fingerprint density at radius 1 is 1.17 bits per heavy atom. The van der Waals surface area contributed by atoms with E-state index in [0.717, 1.165) is 25.3 Å². The fourth-order valence-corrected chi connectivity index (χ4v) is 4.54. The second kappa shape index (κ2) is 10.4. The summed E-state index contributed by atoms with van der Waals surface area (Å²) in [7, 11) is -3.83. The highest BCUT2D eigenvalue weighted by Crippen LogP contribution is 2.24. The number of nitrogens with one attached hydrogen (secondary N) is 1. The highest BCUT2D eigenvalue weighted by Gasteiger charge is 2.16. The van der Waals surface area contributed by atoms with E-state index in [1.807, 2.05) is 18.2 Å².